The van der Waals surface area contributed by atoms with Gasteiger partial charge in [-0.05, 0) is 40.9 Å². The molecular formula is C15H16BrFN2O. The van der Waals surface area contributed by atoms with E-state index >= 15 is 0 Å². The third-order valence-corrected chi connectivity index (χ3v) is 4.53. The molecule has 3 nitrogen and oxygen atoms in total. The number of carbonyl (C=O) groups excluding carboxylic acids is 1. The maximum Gasteiger partial charge on any atom is 0.253 e. The van der Waals surface area contributed by atoms with Gasteiger partial charge in [-0.3, -0.25) is 4.79 Å². The van der Waals surface area contributed by atoms with Gasteiger partial charge in [-0.25, -0.2) is 4.39 Å². The molecule has 0 unspecified atom stereocenters. The lowest BCUT2D eigenvalue weighted by atomic mass is 9.91. The Morgan fingerprint density at radius 1 is 1.30 bits per heavy atom. The molecule has 0 heterocycles. The first-order chi connectivity index (χ1) is 9.58. The second-order valence-corrected chi connectivity index (χ2v) is 5.96. The van der Waals surface area contributed by atoms with Gasteiger partial charge in [-0.2, -0.15) is 5.26 Å². The van der Waals surface area contributed by atoms with E-state index in [0.29, 0.717) is 12.8 Å². The van der Waals surface area contributed by atoms with Crippen LogP contribution < -0.4 is 5.32 Å². The first-order valence-corrected chi connectivity index (χ1v) is 7.55. The lowest BCUT2D eigenvalue weighted by Gasteiger charge is -2.26. The maximum absolute atomic E-state index is 13.5. The van der Waals surface area contributed by atoms with Crippen LogP contribution in [-0.2, 0) is 0 Å². The lowest BCUT2D eigenvalue weighted by molar-refractivity contribution is 0.0911. The third kappa shape index (κ3) is 3.18. The number of nitrogens with one attached hydrogen (secondary N) is 1. The van der Waals surface area contributed by atoms with E-state index in [-0.39, 0.29) is 10.0 Å². The van der Waals surface area contributed by atoms with Gasteiger partial charge in [0.1, 0.15) is 11.4 Å². The lowest BCUT2D eigenvalue weighted by Crippen LogP contribution is -2.47. The summed E-state index contributed by atoms with van der Waals surface area (Å²) in [5.41, 5.74) is -0.594. The average molecular weight is 339 g/mol. The minimum atomic E-state index is -0.820. The standard InChI is InChI=1S/C15H16BrFN2O/c16-13-11(6-5-7-12(13)17)14(20)19-15(10-18)8-3-1-2-4-9-15/h5-7H,1-4,8-9H2,(H,19,20). The van der Waals surface area contributed by atoms with E-state index in [1.807, 2.05) is 0 Å². The van der Waals surface area contributed by atoms with Crippen LogP contribution in [0.3, 0.4) is 0 Å². The molecule has 1 aliphatic carbocycles. The van der Waals surface area contributed by atoms with Gasteiger partial charge in [0.2, 0.25) is 0 Å². The summed E-state index contributed by atoms with van der Waals surface area (Å²) < 4.78 is 13.6. The molecule has 0 atom stereocenters. The Bertz CT molecular complexity index is 545. The second kappa shape index (κ2) is 6.36. The molecule has 0 aromatic heterocycles. The number of nitrogens with zero attached hydrogens (tertiary/aromatic N) is 1. The molecule has 5 heteroatoms. The van der Waals surface area contributed by atoms with Gasteiger partial charge in [0.05, 0.1) is 16.1 Å². The van der Waals surface area contributed by atoms with Crippen LogP contribution in [0.15, 0.2) is 22.7 Å². The first kappa shape index (κ1) is 15.0. The minimum Gasteiger partial charge on any atom is -0.334 e. The van der Waals surface area contributed by atoms with Crippen molar-refractivity contribution in [3.05, 3.63) is 34.1 Å². The van der Waals surface area contributed by atoms with Gasteiger partial charge in [-0.1, -0.05) is 31.7 Å². The van der Waals surface area contributed by atoms with E-state index in [9.17, 15) is 14.4 Å². The predicted molar refractivity (Wildman–Crippen MR) is 77.6 cm³/mol. The molecule has 1 fully saturated rings. The van der Waals surface area contributed by atoms with Crippen molar-refractivity contribution in [1.29, 1.82) is 5.26 Å². The van der Waals surface area contributed by atoms with Gasteiger partial charge in [-0.15, -0.1) is 0 Å². The van der Waals surface area contributed by atoms with Crippen molar-refractivity contribution in [2.45, 2.75) is 44.1 Å². The molecule has 0 saturated heterocycles. The largest absolute Gasteiger partial charge is 0.334 e. The molecule has 0 aliphatic heterocycles. The quantitative estimate of drug-likeness (QED) is 0.830. The van der Waals surface area contributed by atoms with Crippen LogP contribution in [0.5, 0.6) is 0 Å². The topological polar surface area (TPSA) is 52.9 Å². The highest BCUT2D eigenvalue weighted by Crippen LogP contribution is 2.28. The Morgan fingerprint density at radius 3 is 2.55 bits per heavy atom. The molecule has 2 rings (SSSR count). The summed E-state index contributed by atoms with van der Waals surface area (Å²) >= 11 is 3.08. The van der Waals surface area contributed by atoms with Crippen LogP contribution in [0.2, 0.25) is 0 Å². The van der Waals surface area contributed by atoms with Crippen molar-refractivity contribution in [3.63, 3.8) is 0 Å². The Balaban J connectivity index is 2.21. The number of carbonyl (C=O) groups is 1. The Labute approximate surface area is 126 Å². The van der Waals surface area contributed by atoms with Crippen molar-refractivity contribution >= 4 is 21.8 Å². The fourth-order valence-corrected chi connectivity index (χ4v) is 3.01. The van der Waals surface area contributed by atoms with E-state index in [1.165, 1.54) is 12.1 Å². The minimum absolute atomic E-state index is 0.138. The van der Waals surface area contributed by atoms with Gasteiger partial charge in [0, 0.05) is 0 Å². The van der Waals surface area contributed by atoms with E-state index in [4.69, 9.17) is 0 Å². The van der Waals surface area contributed by atoms with Crippen LogP contribution in [0, 0.1) is 17.1 Å². The number of halogens is 2. The summed E-state index contributed by atoms with van der Waals surface area (Å²) in [6.45, 7) is 0. The molecule has 1 aromatic rings. The summed E-state index contributed by atoms with van der Waals surface area (Å²) in [4.78, 5) is 12.3. The third-order valence-electron chi connectivity index (χ3n) is 3.72. The Morgan fingerprint density at radius 2 is 1.95 bits per heavy atom. The van der Waals surface area contributed by atoms with Crippen LogP contribution in [-0.4, -0.2) is 11.4 Å². The smallest absolute Gasteiger partial charge is 0.253 e. The zero-order valence-corrected chi connectivity index (χ0v) is 12.7. The number of hydrogen-bond donors (Lipinski definition) is 1. The van der Waals surface area contributed by atoms with Crippen molar-refractivity contribution in [2.24, 2.45) is 0 Å². The Kier molecular flexibility index (Phi) is 4.77. The molecule has 1 saturated carbocycles. The molecule has 0 spiro atoms. The summed E-state index contributed by atoms with van der Waals surface area (Å²) in [5, 5.41) is 12.2. The SMILES string of the molecule is N#CC1(NC(=O)c2cccc(F)c2Br)CCCCCC1. The van der Waals surface area contributed by atoms with E-state index in [1.54, 1.807) is 6.07 Å². The number of nitriles is 1. The van der Waals surface area contributed by atoms with Crippen molar-refractivity contribution < 1.29 is 9.18 Å². The van der Waals surface area contributed by atoms with E-state index in [0.717, 1.165) is 25.7 Å². The fourth-order valence-electron chi connectivity index (χ4n) is 2.56. The zero-order chi connectivity index (χ0) is 14.6. The van der Waals surface area contributed by atoms with Gasteiger partial charge in [0.15, 0.2) is 0 Å². The van der Waals surface area contributed by atoms with Crippen molar-refractivity contribution in [3.8, 4) is 6.07 Å². The van der Waals surface area contributed by atoms with E-state index in [2.05, 4.69) is 27.3 Å². The highest BCUT2D eigenvalue weighted by atomic mass is 79.9. The molecule has 1 N–H and O–H groups in total. The number of benzene rings is 1. The number of rotatable bonds is 2. The Hall–Kier alpha value is -1.41. The highest BCUT2D eigenvalue weighted by Gasteiger charge is 2.33. The summed E-state index contributed by atoms with van der Waals surface area (Å²) in [7, 11) is 0. The van der Waals surface area contributed by atoms with E-state index < -0.39 is 17.3 Å². The summed E-state index contributed by atoms with van der Waals surface area (Å²) in [6, 6.07) is 6.57. The molecule has 0 bridgehead atoms. The van der Waals surface area contributed by atoms with Crippen molar-refractivity contribution in [2.75, 3.05) is 0 Å². The van der Waals surface area contributed by atoms with Gasteiger partial charge < -0.3 is 5.32 Å². The highest BCUT2D eigenvalue weighted by molar-refractivity contribution is 9.10. The van der Waals surface area contributed by atoms with Crippen molar-refractivity contribution in [1.82, 2.24) is 5.32 Å². The zero-order valence-electron chi connectivity index (χ0n) is 11.1. The van der Waals surface area contributed by atoms with Crippen LogP contribution in [0.25, 0.3) is 0 Å². The molecule has 106 valence electrons. The van der Waals surface area contributed by atoms with Crippen LogP contribution in [0.4, 0.5) is 4.39 Å². The average Bonchev–Trinajstić information content (AvgIpc) is 2.68. The molecule has 0 radical (unpaired) electrons. The molecular weight excluding hydrogens is 323 g/mol. The molecule has 1 aromatic carbocycles. The monoisotopic (exact) mass is 338 g/mol. The summed E-state index contributed by atoms with van der Waals surface area (Å²) in [6.07, 6.45) is 5.34. The predicted octanol–water partition coefficient (Wildman–Crippen LogP) is 3.93. The summed E-state index contributed by atoms with van der Waals surface area (Å²) in [5.74, 6) is -0.885. The molecule has 20 heavy (non-hydrogen) atoms. The first-order valence-electron chi connectivity index (χ1n) is 6.76. The number of amides is 1. The normalized spacial score (nSPS) is 17.9. The van der Waals surface area contributed by atoms with Gasteiger partial charge >= 0.3 is 0 Å². The van der Waals surface area contributed by atoms with Gasteiger partial charge in [0.25, 0.3) is 5.91 Å². The fraction of sp³-hybridized carbons (Fsp3) is 0.467. The van der Waals surface area contributed by atoms with Crippen LogP contribution >= 0.6 is 15.9 Å². The number of hydrogen-bond acceptors (Lipinski definition) is 2. The molecule has 1 aliphatic rings. The maximum atomic E-state index is 13.5. The molecule has 1 amide bonds. The second-order valence-electron chi connectivity index (χ2n) is 5.16. The van der Waals surface area contributed by atoms with Crippen LogP contribution in [0.1, 0.15) is 48.9 Å².